The van der Waals surface area contributed by atoms with Crippen LogP contribution in [-0.4, -0.2) is 28.9 Å². The third kappa shape index (κ3) is 2.82. The lowest BCUT2D eigenvalue weighted by molar-refractivity contribution is 0.0733. The smallest absolute Gasteiger partial charge is 0.254 e. The third-order valence-corrected chi connectivity index (χ3v) is 3.98. The zero-order valence-electron chi connectivity index (χ0n) is 12.7. The van der Waals surface area contributed by atoms with E-state index in [0.29, 0.717) is 12.5 Å². The molecule has 22 heavy (non-hydrogen) atoms. The molecule has 3 rings (SSSR count). The molecule has 1 aromatic carbocycles. The highest BCUT2D eigenvalue weighted by atomic mass is 16.5. The summed E-state index contributed by atoms with van der Waals surface area (Å²) in [7, 11) is 0. The lowest BCUT2D eigenvalue weighted by Crippen LogP contribution is -2.30. The molecule has 114 valence electrons. The lowest BCUT2D eigenvalue weighted by atomic mass is 10.1. The minimum atomic E-state index is 0.0444. The Morgan fingerprint density at radius 3 is 2.86 bits per heavy atom. The summed E-state index contributed by atoms with van der Waals surface area (Å²) in [5.74, 6) is 0.720. The minimum Gasteiger partial charge on any atom is -0.478 e. The van der Waals surface area contributed by atoms with Gasteiger partial charge in [-0.3, -0.25) is 4.79 Å². The average molecular weight is 296 g/mol. The topological polar surface area (TPSA) is 42.4 Å². The van der Waals surface area contributed by atoms with Gasteiger partial charge >= 0.3 is 0 Å². The number of carbonyl (C=O) groups is 1. The van der Waals surface area contributed by atoms with E-state index < -0.39 is 0 Å². The van der Waals surface area contributed by atoms with Crippen molar-refractivity contribution >= 4 is 5.91 Å². The molecular weight excluding hydrogens is 276 g/mol. The molecule has 1 atom stereocenters. The molecule has 1 aliphatic heterocycles. The van der Waals surface area contributed by atoms with Crippen molar-refractivity contribution in [1.82, 2.24) is 9.88 Å². The maximum atomic E-state index is 12.8. The van der Waals surface area contributed by atoms with E-state index in [1.807, 2.05) is 54.3 Å². The number of likely N-dealkylation sites (tertiary alicyclic amines) is 1. The van der Waals surface area contributed by atoms with Crippen molar-refractivity contribution in [3.63, 3.8) is 0 Å². The van der Waals surface area contributed by atoms with E-state index in [4.69, 9.17) is 4.74 Å². The standard InChI is InChI=1S/C18H20N2O2/c1-2-22-17-15(10-6-12-19-17)16-11-7-13-20(16)18(21)14-8-4-3-5-9-14/h3-6,8-10,12,16H,2,7,11,13H2,1H3/t16-/m0/s1. The van der Waals surface area contributed by atoms with Crippen LogP contribution < -0.4 is 4.74 Å². The second kappa shape index (κ2) is 6.60. The number of ether oxygens (including phenoxy) is 1. The summed E-state index contributed by atoms with van der Waals surface area (Å²) < 4.78 is 5.63. The van der Waals surface area contributed by atoms with Crippen molar-refractivity contribution in [2.24, 2.45) is 0 Å². The Morgan fingerprint density at radius 1 is 1.27 bits per heavy atom. The van der Waals surface area contributed by atoms with Crippen molar-refractivity contribution in [2.45, 2.75) is 25.8 Å². The number of rotatable bonds is 4. The summed E-state index contributed by atoms with van der Waals surface area (Å²) in [6.07, 6.45) is 3.68. The molecule has 0 N–H and O–H groups in total. The van der Waals surface area contributed by atoms with Crippen LogP contribution in [0.4, 0.5) is 0 Å². The van der Waals surface area contributed by atoms with Gasteiger partial charge in [-0.05, 0) is 38.0 Å². The van der Waals surface area contributed by atoms with Gasteiger partial charge in [0.05, 0.1) is 12.6 Å². The zero-order chi connectivity index (χ0) is 15.4. The maximum Gasteiger partial charge on any atom is 0.254 e. The first-order valence-corrected chi connectivity index (χ1v) is 7.75. The number of aromatic nitrogens is 1. The molecule has 0 radical (unpaired) electrons. The SMILES string of the molecule is CCOc1ncccc1[C@@H]1CCCN1C(=O)c1ccccc1. The van der Waals surface area contributed by atoms with E-state index in [1.165, 1.54) is 0 Å². The lowest BCUT2D eigenvalue weighted by Gasteiger charge is -2.26. The summed E-state index contributed by atoms with van der Waals surface area (Å²) in [4.78, 5) is 19.0. The Labute approximate surface area is 130 Å². The van der Waals surface area contributed by atoms with Gasteiger partial charge < -0.3 is 9.64 Å². The summed E-state index contributed by atoms with van der Waals surface area (Å²) in [6, 6.07) is 13.4. The largest absolute Gasteiger partial charge is 0.478 e. The summed E-state index contributed by atoms with van der Waals surface area (Å²) in [6.45, 7) is 3.29. The number of benzene rings is 1. The first-order chi connectivity index (χ1) is 10.8. The number of hydrogen-bond donors (Lipinski definition) is 0. The predicted octanol–water partition coefficient (Wildman–Crippen LogP) is 3.46. The molecule has 0 saturated carbocycles. The average Bonchev–Trinajstić information content (AvgIpc) is 3.05. The highest BCUT2D eigenvalue weighted by Crippen LogP contribution is 2.36. The van der Waals surface area contributed by atoms with Crippen LogP contribution in [0.25, 0.3) is 0 Å². The Balaban J connectivity index is 1.89. The fourth-order valence-electron chi connectivity index (χ4n) is 2.99. The quantitative estimate of drug-likeness (QED) is 0.867. The van der Waals surface area contributed by atoms with E-state index in [1.54, 1.807) is 6.20 Å². The van der Waals surface area contributed by atoms with Crippen molar-refractivity contribution < 1.29 is 9.53 Å². The van der Waals surface area contributed by atoms with Crippen LogP contribution in [0.3, 0.4) is 0 Å². The molecule has 0 spiro atoms. The van der Waals surface area contributed by atoms with Crippen molar-refractivity contribution in [3.05, 3.63) is 59.8 Å². The van der Waals surface area contributed by atoms with Crippen LogP contribution in [-0.2, 0) is 0 Å². The highest BCUT2D eigenvalue weighted by Gasteiger charge is 2.32. The van der Waals surface area contributed by atoms with Crippen molar-refractivity contribution in [2.75, 3.05) is 13.2 Å². The molecule has 1 aliphatic rings. The molecule has 2 heterocycles. The van der Waals surface area contributed by atoms with Gasteiger partial charge in [0.2, 0.25) is 5.88 Å². The van der Waals surface area contributed by atoms with Crippen LogP contribution in [0.15, 0.2) is 48.7 Å². The monoisotopic (exact) mass is 296 g/mol. The Kier molecular flexibility index (Phi) is 4.37. The fraction of sp³-hybridized carbons (Fsp3) is 0.333. The normalized spacial score (nSPS) is 17.5. The van der Waals surface area contributed by atoms with E-state index in [-0.39, 0.29) is 11.9 Å². The number of pyridine rings is 1. The van der Waals surface area contributed by atoms with Crippen LogP contribution in [0.1, 0.15) is 41.7 Å². The first-order valence-electron chi connectivity index (χ1n) is 7.75. The third-order valence-electron chi connectivity index (χ3n) is 3.98. The molecule has 1 fully saturated rings. The van der Waals surface area contributed by atoms with Crippen LogP contribution >= 0.6 is 0 Å². The molecule has 4 heteroatoms. The zero-order valence-corrected chi connectivity index (χ0v) is 12.7. The van der Waals surface area contributed by atoms with Gasteiger partial charge in [-0.25, -0.2) is 4.98 Å². The van der Waals surface area contributed by atoms with E-state index in [0.717, 1.165) is 30.5 Å². The Hall–Kier alpha value is -2.36. The highest BCUT2D eigenvalue weighted by molar-refractivity contribution is 5.94. The summed E-state index contributed by atoms with van der Waals surface area (Å²) in [5.41, 5.74) is 1.74. The van der Waals surface area contributed by atoms with Gasteiger partial charge in [-0.2, -0.15) is 0 Å². The summed E-state index contributed by atoms with van der Waals surface area (Å²) >= 11 is 0. The fourth-order valence-corrected chi connectivity index (χ4v) is 2.99. The predicted molar refractivity (Wildman–Crippen MR) is 84.9 cm³/mol. The van der Waals surface area contributed by atoms with Crippen molar-refractivity contribution in [1.29, 1.82) is 0 Å². The van der Waals surface area contributed by atoms with Gasteiger partial charge in [0.1, 0.15) is 0 Å². The second-order valence-electron chi connectivity index (χ2n) is 5.35. The van der Waals surface area contributed by atoms with Gasteiger partial charge in [-0.15, -0.1) is 0 Å². The number of hydrogen-bond acceptors (Lipinski definition) is 3. The second-order valence-corrected chi connectivity index (χ2v) is 5.35. The number of nitrogens with zero attached hydrogens (tertiary/aromatic N) is 2. The molecule has 1 amide bonds. The molecule has 0 bridgehead atoms. The first kappa shape index (κ1) is 14.6. The molecular formula is C18H20N2O2. The number of amides is 1. The molecule has 2 aromatic rings. The van der Waals surface area contributed by atoms with E-state index in [9.17, 15) is 4.79 Å². The van der Waals surface area contributed by atoms with Gasteiger partial charge in [0, 0.05) is 23.9 Å². The minimum absolute atomic E-state index is 0.0444. The number of carbonyl (C=O) groups excluding carboxylic acids is 1. The van der Waals surface area contributed by atoms with Crippen LogP contribution in [0.5, 0.6) is 5.88 Å². The Bertz CT molecular complexity index is 643. The van der Waals surface area contributed by atoms with Gasteiger partial charge in [0.25, 0.3) is 5.91 Å². The van der Waals surface area contributed by atoms with E-state index >= 15 is 0 Å². The van der Waals surface area contributed by atoms with Crippen LogP contribution in [0, 0.1) is 0 Å². The van der Waals surface area contributed by atoms with E-state index in [2.05, 4.69) is 4.98 Å². The van der Waals surface area contributed by atoms with Crippen LogP contribution in [0.2, 0.25) is 0 Å². The molecule has 4 nitrogen and oxygen atoms in total. The van der Waals surface area contributed by atoms with Crippen molar-refractivity contribution in [3.8, 4) is 5.88 Å². The van der Waals surface area contributed by atoms with Gasteiger partial charge in [0.15, 0.2) is 0 Å². The van der Waals surface area contributed by atoms with Gasteiger partial charge in [-0.1, -0.05) is 24.3 Å². The summed E-state index contributed by atoms with van der Waals surface area (Å²) in [5, 5.41) is 0. The Morgan fingerprint density at radius 2 is 2.09 bits per heavy atom. The molecule has 0 aliphatic carbocycles. The molecule has 0 unspecified atom stereocenters. The maximum absolute atomic E-state index is 12.8. The molecule has 1 aromatic heterocycles. The molecule has 1 saturated heterocycles.